The molecule has 1 saturated heterocycles. The minimum Gasteiger partial charge on any atom is -0.381 e. The number of hydrogen-bond acceptors (Lipinski definition) is 5. The highest BCUT2D eigenvalue weighted by molar-refractivity contribution is 7.91. The Labute approximate surface area is 125 Å². The Morgan fingerprint density at radius 3 is 2.95 bits per heavy atom. The molecule has 0 bridgehead atoms. The summed E-state index contributed by atoms with van der Waals surface area (Å²) in [4.78, 5) is 1.03. The van der Waals surface area contributed by atoms with E-state index in [-0.39, 0.29) is 0 Å². The van der Waals surface area contributed by atoms with Crippen molar-refractivity contribution in [1.29, 1.82) is 0 Å². The lowest BCUT2D eigenvalue weighted by Crippen LogP contribution is -2.34. The molecule has 5 nitrogen and oxygen atoms in total. The fourth-order valence-electron chi connectivity index (χ4n) is 2.33. The summed E-state index contributed by atoms with van der Waals surface area (Å²) in [6, 6.07) is 3.56. The number of rotatable bonds is 6. The van der Waals surface area contributed by atoms with E-state index in [1.807, 2.05) is 13.1 Å². The lowest BCUT2D eigenvalue weighted by atomic mass is 10.0. The molecule has 0 saturated carbocycles. The Balaban J connectivity index is 2.03. The molecular formula is C13H22N2O3S2. The molecule has 2 rings (SSSR count). The average molecular weight is 318 g/mol. The molecule has 1 aliphatic heterocycles. The maximum Gasteiger partial charge on any atom is 0.252 e. The molecule has 0 aliphatic carbocycles. The van der Waals surface area contributed by atoms with Crippen LogP contribution >= 0.6 is 11.3 Å². The van der Waals surface area contributed by atoms with Crippen LogP contribution in [0.5, 0.6) is 0 Å². The van der Waals surface area contributed by atoms with Gasteiger partial charge in [-0.15, -0.1) is 11.3 Å². The van der Waals surface area contributed by atoms with Gasteiger partial charge in [0.05, 0.1) is 6.61 Å². The second kappa shape index (κ2) is 7.00. The van der Waals surface area contributed by atoms with Gasteiger partial charge in [0.1, 0.15) is 4.21 Å². The summed E-state index contributed by atoms with van der Waals surface area (Å²) in [6.45, 7) is 2.68. The summed E-state index contributed by atoms with van der Waals surface area (Å²) in [7, 11) is 0.137. The van der Waals surface area contributed by atoms with Crippen LogP contribution in [0.3, 0.4) is 0 Å². The van der Waals surface area contributed by atoms with Crippen molar-refractivity contribution >= 4 is 21.4 Å². The van der Waals surface area contributed by atoms with Crippen LogP contribution in [0, 0.1) is 5.92 Å². The third-order valence-electron chi connectivity index (χ3n) is 3.42. The Hall–Kier alpha value is -0.470. The van der Waals surface area contributed by atoms with Crippen LogP contribution in [0.15, 0.2) is 16.3 Å². The van der Waals surface area contributed by atoms with Gasteiger partial charge >= 0.3 is 0 Å². The zero-order valence-corrected chi connectivity index (χ0v) is 13.6. The summed E-state index contributed by atoms with van der Waals surface area (Å²) < 4.78 is 32.3. The summed E-state index contributed by atoms with van der Waals surface area (Å²) in [5, 5.41) is 3.03. The van der Waals surface area contributed by atoms with Crippen molar-refractivity contribution in [3.63, 3.8) is 0 Å². The first kappa shape index (κ1) is 15.9. The van der Waals surface area contributed by atoms with Gasteiger partial charge < -0.3 is 10.1 Å². The van der Waals surface area contributed by atoms with Crippen molar-refractivity contribution in [3.05, 3.63) is 17.0 Å². The van der Waals surface area contributed by atoms with E-state index in [1.54, 1.807) is 13.1 Å². The van der Waals surface area contributed by atoms with Gasteiger partial charge in [-0.1, -0.05) is 0 Å². The molecule has 2 heterocycles. The van der Waals surface area contributed by atoms with Gasteiger partial charge in [-0.3, -0.25) is 0 Å². The SMILES string of the molecule is CNCc1ccc(S(=O)(=O)N(C)CC2CCCOC2)s1. The van der Waals surface area contributed by atoms with E-state index in [0.717, 1.165) is 24.3 Å². The van der Waals surface area contributed by atoms with Crippen molar-refractivity contribution in [3.8, 4) is 0 Å². The highest BCUT2D eigenvalue weighted by atomic mass is 32.2. The molecule has 7 heteroatoms. The largest absolute Gasteiger partial charge is 0.381 e. The van der Waals surface area contributed by atoms with Crippen LogP contribution in [0.25, 0.3) is 0 Å². The molecule has 1 atom stereocenters. The molecule has 20 heavy (non-hydrogen) atoms. The van der Waals surface area contributed by atoms with E-state index in [9.17, 15) is 8.42 Å². The molecule has 1 N–H and O–H groups in total. The van der Waals surface area contributed by atoms with Crippen LogP contribution in [-0.4, -0.2) is 46.6 Å². The molecule has 1 fully saturated rings. The summed E-state index contributed by atoms with van der Waals surface area (Å²) >= 11 is 1.33. The zero-order valence-electron chi connectivity index (χ0n) is 12.0. The summed E-state index contributed by atoms with van der Waals surface area (Å²) in [6.07, 6.45) is 2.05. The second-order valence-electron chi connectivity index (χ2n) is 5.12. The minimum absolute atomic E-state index is 0.306. The van der Waals surface area contributed by atoms with Crippen LogP contribution in [0.1, 0.15) is 17.7 Å². The Kier molecular flexibility index (Phi) is 5.57. The third kappa shape index (κ3) is 3.79. The fraction of sp³-hybridized carbons (Fsp3) is 0.692. The zero-order chi connectivity index (χ0) is 14.6. The molecule has 114 valence electrons. The van der Waals surface area contributed by atoms with E-state index in [4.69, 9.17) is 4.74 Å². The van der Waals surface area contributed by atoms with Crippen LogP contribution in [0.4, 0.5) is 0 Å². The van der Waals surface area contributed by atoms with Gasteiger partial charge in [-0.25, -0.2) is 8.42 Å². The molecule has 1 unspecified atom stereocenters. The van der Waals surface area contributed by atoms with Crippen molar-refractivity contribution in [1.82, 2.24) is 9.62 Å². The monoisotopic (exact) mass is 318 g/mol. The van der Waals surface area contributed by atoms with E-state index in [0.29, 0.717) is 29.8 Å². The van der Waals surface area contributed by atoms with Gasteiger partial charge in [0.25, 0.3) is 10.0 Å². The number of sulfonamides is 1. The predicted molar refractivity (Wildman–Crippen MR) is 80.4 cm³/mol. The lowest BCUT2D eigenvalue weighted by Gasteiger charge is -2.26. The van der Waals surface area contributed by atoms with Gasteiger partial charge in [0.2, 0.25) is 0 Å². The number of hydrogen-bond donors (Lipinski definition) is 1. The van der Waals surface area contributed by atoms with E-state index >= 15 is 0 Å². The van der Waals surface area contributed by atoms with Crippen LogP contribution in [-0.2, 0) is 21.3 Å². The maximum absolute atomic E-state index is 12.5. The number of nitrogens with zero attached hydrogens (tertiary/aromatic N) is 1. The molecule has 1 aromatic heterocycles. The van der Waals surface area contributed by atoms with Crippen LogP contribution in [0.2, 0.25) is 0 Å². The molecule has 0 amide bonds. The topological polar surface area (TPSA) is 58.6 Å². The van der Waals surface area contributed by atoms with E-state index in [1.165, 1.54) is 15.6 Å². The fourth-order valence-corrected chi connectivity index (χ4v) is 5.16. The third-order valence-corrected chi connectivity index (χ3v) is 6.80. The minimum atomic E-state index is -3.37. The maximum atomic E-state index is 12.5. The summed E-state index contributed by atoms with van der Waals surface area (Å²) in [5.74, 6) is 0.306. The smallest absolute Gasteiger partial charge is 0.252 e. The second-order valence-corrected chi connectivity index (χ2v) is 8.56. The van der Waals surface area contributed by atoms with Gasteiger partial charge in [-0.05, 0) is 37.9 Å². The van der Waals surface area contributed by atoms with Crippen molar-refractivity contribution in [2.75, 3.05) is 33.9 Å². The molecule has 0 radical (unpaired) electrons. The molecule has 0 aromatic carbocycles. The molecule has 1 aliphatic rings. The first-order chi connectivity index (χ1) is 9.54. The quantitative estimate of drug-likeness (QED) is 0.864. The first-order valence-corrected chi connectivity index (χ1v) is 9.07. The van der Waals surface area contributed by atoms with Crippen LogP contribution < -0.4 is 5.32 Å². The molecule has 0 spiro atoms. The molecule has 1 aromatic rings. The van der Waals surface area contributed by atoms with Crippen molar-refractivity contribution in [2.45, 2.75) is 23.6 Å². The average Bonchev–Trinajstić information content (AvgIpc) is 2.89. The van der Waals surface area contributed by atoms with Gasteiger partial charge in [0, 0.05) is 31.6 Å². The number of ether oxygens (including phenoxy) is 1. The Morgan fingerprint density at radius 2 is 2.30 bits per heavy atom. The van der Waals surface area contributed by atoms with E-state index in [2.05, 4.69) is 5.32 Å². The Bertz CT molecular complexity index is 521. The van der Waals surface area contributed by atoms with E-state index < -0.39 is 10.0 Å². The highest BCUT2D eigenvalue weighted by Gasteiger charge is 2.26. The Morgan fingerprint density at radius 1 is 1.50 bits per heavy atom. The normalized spacial score (nSPS) is 20.4. The number of nitrogens with one attached hydrogen (secondary N) is 1. The van der Waals surface area contributed by atoms with Crippen molar-refractivity contribution in [2.24, 2.45) is 5.92 Å². The van der Waals surface area contributed by atoms with Gasteiger partial charge in [-0.2, -0.15) is 4.31 Å². The highest BCUT2D eigenvalue weighted by Crippen LogP contribution is 2.25. The van der Waals surface area contributed by atoms with Crippen molar-refractivity contribution < 1.29 is 13.2 Å². The number of thiophene rings is 1. The summed E-state index contributed by atoms with van der Waals surface area (Å²) in [5.41, 5.74) is 0. The predicted octanol–water partition coefficient (Wildman–Crippen LogP) is 1.51. The lowest BCUT2D eigenvalue weighted by molar-refractivity contribution is 0.0495. The first-order valence-electron chi connectivity index (χ1n) is 6.81. The molecular weight excluding hydrogens is 296 g/mol. The van der Waals surface area contributed by atoms with Gasteiger partial charge in [0.15, 0.2) is 0 Å². The standard InChI is InChI=1S/C13H22N2O3S2/c1-14-8-12-5-6-13(19-12)20(16,17)15(2)9-11-4-3-7-18-10-11/h5-6,11,14H,3-4,7-10H2,1-2H3.